The molecule has 0 unspecified atom stereocenters. The summed E-state index contributed by atoms with van der Waals surface area (Å²) in [5.41, 5.74) is -0.336. The highest BCUT2D eigenvalue weighted by Gasteiger charge is 2.38. The molecule has 0 saturated heterocycles. The maximum absolute atomic E-state index is 8.75. The Labute approximate surface area is 108 Å². The molecule has 0 bridgehead atoms. The minimum atomic E-state index is -0.336. The summed E-state index contributed by atoms with van der Waals surface area (Å²) in [5, 5.41) is 12.8. The zero-order chi connectivity index (χ0) is 12.8. The van der Waals surface area contributed by atoms with Gasteiger partial charge in [0.25, 0.3) is 0 Å². The molecule has 1 aliphatic carbocycles. The largest absolute Gasteiger partial charge is 0.396 e. The quantitative estimate of drug-likeness (QED) is 0.788. The van der Waals surface area contributed by atoms with E-state index in [2.05, 4.69) is 10.1 Å². The number of hydrogen-bond donors (Lipinski definition) is 1. The zero-order valence-electron chi connectivity index (χ0n) is 11.0. The molecule has 1 saturated carbocycles. The third-order valence-electron chi connectivity index (χ3n) is 3.73. The van der Waals surface area contributed by atoms with Crippen LogP contribution >= 0.6 is 0 Å². The van der Waals surface area contributed by atoms with Crippen molar-refractivity contribution in [3.8, 4) is 0 Å². The molecule has 5 nitrogen and oxygen atoms in total. The summed E-state index contributed by atoms with van der Waals surface area (Å²) < 4.78 is 10.9. The number of nitrogens with zero attached hydrogens (tertiary/aromatic N) is 2. The Hall–Kier alpha value is -0.940. The standard InChI is InChI=1S/C13H22N2O3/c1-17-13(8-4-2-5-9-13)12-14-11(18-15-12)7-3-6-10-16/h16H,2-10H2,1H3. The fourth-order valence-electron chi connectivity index (χ4n) is 2.57. The van der Waals surface area contributed by atoms with Gasteiger partial charge in [0.1, 0.15) is 5.60 Å². The van der Waals surface area contributed by atoms with E-state index in [0.717, 1.165) is 44.9 Å². The van der Waals surface area contributed by atoms with Crippen LogP contribution in [0.2, 0.25) is 0 Å². The Kier molecular flexibility index (Phi) is 4.72. The van der Waals surface area contributed by atoms with Crippen molar-refractivity contribution in [1.82, 2.24) is 10.1 Å². The number of rotatable bonds is 6. The van der Waals surface area contributed by atoms with Crippen molar-refractivity contribution in [2.75, 3.05) is 13.7 Å². The fourth-order valence-corrected chi connectivity index (χ4v) is 2.57. The molecule has 0 radical (unpaired) electrons. The third kappa shape index (κ3) is 2.90. The number of unbranched alkanes of at least 4 members (excludes halogenated alkanes) is 1. The summed E-state index contributed by atoms with van der Waals surface area (Å²) in [7, 11) is 1.73. The molecule has 2 rings (SSSR count). The van der Waals surface area contributed by atoms with Gasteiger partial charge in [-0.1, -0.05) is 24.4 Å². The Bertz CT molecular complexity index is 359. The van der Waals surface area contributed by atoms with Crippen molar-refractivity contribution in [3.05, 3.63) is 11.7 Å². The van der Waals surface area contributed by atoms with Gasteiger partial charge in [-0.3, -0.25) is 0 Å². The van der Waals surface area contributed by atoms with Crippen molar-refractivity contribution in [2.24, 2.45) is 0 Å². The lowest BCUT2D eigenvalue weighted by molar-refractivity contribution is -0.0527. The van der Waals surface area contributed by atoms with Crippen LogP contribution in [-0.4, -0.2) is 29.0 Å². The number of hydrogen-bond acceptors (Lipinski definition) is 5. The Morgan fingerprint density at radius 2 is 2.06 bits per heavy atom. The summed E-state index contributed by atoms with van der Waals surface area (Å²) in [4.78, 5) is 4.46. The van der Waals surface area contributed by atoms with E-state index in [1.807, 2.05) is 0 Å². The van der Waals surface area contributed by atoms with Crippen molar-refractivity contribution in [1.29, 1.82) is 0 Å². The molecule has 1 aromatic rings. The summed E-state index contributed by atoms with van der Waals surface area (Å²) in [6.45, 7) is 0.211. The van der Waals surface area contributed by atoms with Gasteiger partial charge < -0.3 is 14.4 Å². The molecule has 1 fully saturated rings. The van der Waals surface area contributed by atoms with Crippen LogP contribution in [0.15, 0.2) is 4.52 Å². The number of aromatic nitrogens is 2. The molecule has 0 spiro atoms. The molecule has 0 atom stereocenters. The second kappa shape index (κ2) is 6.29. The molecule has 0 aliphatic heterocycles. The average molecular weight is 254 g/mol. The van der Waals surface area contributed by atoms with E-state index in [-0.39, 0.29) is 12.2 Å². The molecule has 1 N–H and O–H groups in total. The van der Waals surface area contributed by atoms with Crippen molar-refractivity contribution in [2.45, 2.75) is 57.0 Å². The van der Waals surface area contributed by atoms with Gasteiger partial charge in [-0.05, 0) is 25.7 Å². The molecule has 1 aliphatic rings. The molecule has 5 heteroatoms. The fraction of sp³-hybridized carbons (Fsp3) is 0.846. The van der Waals surface area contributed by atoms with Crippen LogP contribution < -0.4 is 0 Å². The lowest BCUT2D eigenvalue weighted by Crippen LogP contribution is -2.32. The Morgan fingerprint density at radius 3 is 2.72 bits per heavy atom. The predicted octanol–water partition coefficient (Wildman–Crippen LogP) is 2.19. The summed E-state index contributed by atoms with van der Waals surface area (Å²) >= 11 is 0. The first-order chi connectivity index (χ1) is 8.80. The second-order valence-electron chi connectivity index (χ2n) is 4.95. The number of aryl methyl sites for hydroxylation is 1. The van der Waals surface area contributed by atoms with Gasteiger partial charge in [0.2, 0.25) is 11.7 Å². The minimum Gasteiger partial charge on any atom is -0.396 e. The lowest BCUT2D eigenvalue weighted by atomic mass is 9.84. The summed E-state index contributed by atoms with van der Waals surface area (Å²) in [5.74, 6) is 1.35. The molecule has 1 heterocycles. The first kappa shape index (κ1) is 13.5. The SMILES string of the molecule is COC1(c2noc(CCCCO)n2)CCCCC1. The second-order valence-corrected chi connectivity index (χ2v) is 4.95. The highest BCUT2D eigenvalue weighted by atomic mass is 16.5. The van der Waals surface area contributed by atoms with Crippen LogP contribution in [-0.2, 0) is 16.8 Å². The van der Waals surface area contributed by atoms with E-state index >= 15 is 0 Å². The van der Waals surface area contributed by atoms with Crippen LogP contribution in [0.5, 0.6) is 0 Å². The van der Waals surface area contributed by atoms with Crippen LogP contribution in [0.3, 0.4) is 0 Å². The molecule has 0 amide bonds. The normalized spacial score (nSPS) is 19.0. The van der Waals surface area contributed by atoms with Crippen molar-refractivity contribution < 1.29 is 14.4 Å². The lowest BCUT2D eigenvalue weighted by Gasteiger charge is -2.32. The Morgan fingerprint density at radius 1 is 1.28 bits per heavy atom. The van der Waals surface area contributed by atoms with Crippen LogP contribution in [0.4, 0.5) is 0 Å². The first-order valence-corrected chi connectivity index (χ1v) is 6.80. The van der Waals surface area contributed by atoms with E-state index < -0.39 is 0 Å². The van der Waals surface area contributed by atoms with Gasteiger partial charge in [0.05, 0.1) is 0 Å². The molecule has 1 aromatic heterocycles. The highest BCUT2D eigenvalue weighted by molar-refractivity contribution is 5.03. The summed E-state index contributed by atoms with van der Waals surface area (Å²) in [6, 6.07) is 0. The van der Waals surface area contributed by atoms with Crippen LogP contribution in [0.25, 0.3) is 0 Å². The topological polar surface area (TPSA) is 68.4 Å². The van der Waals surface area contributed by atoms with Gasteiger partial charge in [-0.2, -0.15) is 4.98 Å². The molecule has 0 aromatic carbocycles. The molecule has 18 heavy (non-hydrogen) atoms. The van der Waals surface area contributed by atoms with Gasteiger partial charge >= 0.3 is 0 Å². The number of aliphatic hydroxyl groups is 1. The first-order valence-electron chi connectivity index (χ1n) is 6.80. The predicted molar refractivity (Wildman–Crippen MR) is 66.1 cm³/mol. The van der Waals surface area contributed by atoms with Gasteiger partial charge in [-0.15, -0.1) is 0 Å². The van der Waals surface area contributed by atoms with Crippen molar-refractivity contribution >= 4 is 0 Å². The number of methoxy groups -OCH3 is 1. The average Bonchev–Trinajstić information content (AvgIpc) is 2.89. The van der Waals surface area contributed by atoms with E-state index in [1.54, 1.807) is 7.11 Å². The van der Waals surface area contributed by atoms with E-state index in [9.17, 15) is 0 Å². The summed E-state index contributed by atoms with van der Waals surface area (Å²) in [6.07, 6.45) is 7.88. The minimum absolute atomic E-state index is 0.211. The van der Waals surface area contributed by atoms with Gasteiger partial charge in [0.15, 0.2) is 0 Å². The third-order valence-corrected chi connectivity index (χ3v) is 3.73. The van der Waals surface area contributed by atoms with Gasteiger partial charge in [0, 0.05) is 20.1 Å². The van der Waals surface area contributed by atoms with Crippen LogP contribution in [0.1, 0.15) is 56.7 Å². The van der Waals surface area contributed by atoms with Gasteiger partial charge in [-0.25, -0.2) is 0 Å². The Balaban J connectivity index is 2.02. The molecule has 102 valence electrons. The van der Waals surface area contributed by atoms with E-state index in [4.69, 9.17) is 14.4 Å². The maximum atomic E-state index is 8.75. The molecular weight excluding hydrogens is 232 g/mol. The van der Waals surface area contributed by atoms with E-state index in [0.29, 0.717) is 11.7 Å². The monoisotopic (exact) mass is 254 g/mol. The maximum Gasteiger partial charge on any atom is 0.226 e. The number of aliphatic hydroxyl groups excluding tert-OH is 1. The van der Waals surface area contributed by atoms with Crippen molar-refractivity contribution in [3.63, 3.8) is 0 Å². The highest BCUT2D eigenvalue weighted by Crippen LogP contribution is 2.38. The van der Waals surface area contributed by atoms with Crippen LogP contribution in [0, 0.1) is 0 Å². The van der Waals surface area contributed by atoms with E-state index in [1.165, 1.54) is 6.42 Å². The zero-order valence-corrected chi connectivity index (χ0v) is 11.0. The molecular formula is C13H22N2O3. The smallest absolute Gasteiger partial charge is 0.226 e. The number of ether oxygens (including phenoxy) is 1.